The molecule has 1 fully saturated rings. The fourth-order valence-corrected chi connectivity index (χ4v) is 4.69. The van der Waals surface area contributed by atoms with Crippen LogP contribution in [0.2, 0.25) is 0 Å². The molecule has 4 rings (SSSR count). The van der Waals surface area contributed by atoms with Gasteiger partial charge in [0.2, 0.25) is 0 Å². The van der Waals surface area contributed by atoms with E-state index in [1.165, 1.54) is 25.5 Å². The second-order valence-corrected chi connectivity index (χ2v) is 9.84. The minimum atomic E-state index is -2.75. The minimum Gasteiger partial charge on any atom is -0.338 e. The van der Waals surface area contributed by atoms with Crippen LogP contribution in [0.15, 0.2) is 46.2 Å². The normalized spacial score (nSPS) is 22.1. The molecule has 28 heavy (non-hydrogen) atoms. The first-order valence-electron chi connectivity index (χ1n) is 9.55. The fraction of sp³-hybridized carbons (Fsp3) is 0.400. The third kappa shape index (κ3) is 3.44. The van der Waals surface area contributed by atoms with Crippen LogP contribution < -0.4 is 10.9 Å². The minimum absolute atomic E-state index is 0.172. The lowest BCUT2D eigenvalue weighted by molar-refractivity contribution is 0.246. The molecule has 1 aliphatic rings. The van der Waals surface area contributed by atoms with E-state index in [4.69, 9.17) is 9.88 Å². The first-order chi connectivity index (χ1) is 13.3. The molecule has 3 atom stereocenters. The number of nitrogens with one attached hydrogen (secondary N) is 3. The molecule has 3 N–H and O–H groups in total. The van der Waals surface area contributed by atoms with Crippen molar-refractivity contribution in [2.45, 2.75) is 43.5 Å². The van der Waals surface area contributed by atoms with E-state index < -0.39 is 9.73 Å². The largest absolute Gasteiger partial charge is 0.338 e. The summed E-state index contributed by atoms with van der Waals surface area (Å²) in [6.07, 6.45) is 7.71. The number of benzene rings is 1. The predicted octanol–water partition coefficient (Wildman–Crippen LogP) is 4.25. The summed E-state index contributed by atoms with van der Waals surface area (Å²) in [6, 6.07) is 9.06. The maximum atomic E-state index is 12.5. The van der Waals surface area contributed by atoms with E-state index >= 15 is 0 Å². The Morgan fingerprint density at radius 3 is 2.61 bits per heavy atom. The Bertz CT molecular complexity index is 1160. The maximum Gasteiger partial charge on any atom is 0.261 e. The molecule has 1 aromatic carbocycles. The van der Waals surface area contributed by atoms with E-state index in [-0.39, 0.29) is 11.6 Å². The van der Waals surface area contributed by atoms with Crippen molar-refractivity contribution in [2.75, 3.05) is 11.6 Å². The average molecular weight is 400 g/mol. The standard InChI is InChI=1S/C20H25N5O2S/c1-13-5-3-4-6-16(13)25-17-11-12-22-20(26)18(17)19(24-25)23-14-7-9-15(10-8-14)28(2,21)27/h7-13,16,21H,3-6H2,1-2H3,(H,22,26)(H,23,24). The van der Waals surface area contributed by atoms with Crippen LogP contribution >= 0.6 is 0 Å². The van der Waals surface area contributed by atoms with Gasteiger partial charge in [-0.1, -0.05) is 19.8 Å². The van der Waals surface area contributed by atoms with Crippen molar-refractivity contribution in [3.8, 4) is 0 Å². The van der Waals surface area contributed by atoms with Gasteiger partial charge in [0.15, 0.2) is 5.82 Å². The first kappa shape index (κ1) is 18.7. The van der Waals surface area contributed by atoms with Gasteiger partial charge in [-0.15, -0.1) is 0 Å². The summed E-state index contributed by atoms with van der Waals surface area (Å²) in [5.74, 6) is 1.03. The summed E-state index contributed by atoms with van der Waals surface area (Å²) in [5.41, 5.74) is 1.40. The van der Waals surface area contributed by atoms with Gasteiger partial charge in [-0.05, 0) is 49.1 Å². The smallest absolute Gasteiger partial charge is 0.261 e. The van der Waals surface area contributed by atoms with Gasteiger partial charge < -0.3 is 10.3 Å². The zero-order chi connectivity index (χ0) is 19.9. The molecule has 1 aliphatic carbocycles. The van der Waals surface area contributed by atoms with Crippen LogP contribution in [0, 0.1) is 10.7 Å². The molecule has 0 saturated heterocycles. The molecule has 7 nitrogen and oxygen atoms in total. The SMILES string of the molecule is CC1CCCCC1n1nc(Nc2ccc(S(C)(=N)=O)cc2)c2c(=O)[nH]ccc21. The lowest BCUT2D eigenvalue weighted by atomic mass is 9.86. The molecular formula is C20H25N5O2S. The Morgan fingerprint density at radius 2 is 1.93 bits per heavy atom. The number of rotatable bonds is 4. The third-order valence-corrected chi connectivity index (χ3v) is 6.75. The van der Waals surface area contributed by atoms with Gasteiger partial charge in [0.1, 0.15) is 5.39 Å². The average Bonchev–Trinajstić information content (AvgIpc) is 3.01. The third-order valence-electron chi connectivity index (χ3n) is 5.58. The number of anilines is 2. The molecule has 1 saturated carbocycles. The van der Waals surface area contributed by atoms with Crippen molar-refractivity contribution < 1.29 is 4.21 Å². The molecule has 2 aromatic heterocycles. The Labute approximate surface area is 164 Å². The van der Waals surface area contributed by atoms with Gasteiger partial charge in [-0.2, -0.15) is 5.10 Å². The van der Waals surface area contributed by atoms with Crippen LogP contribution in [0.25, 0.3) is 10.9 Å². The summed E-state index contributed by atoms with van der Waals surface area (Å²) < 4.78 is 21.6. The van der Waals surface area contributed by atoms with Crippen LogP contribution in [-0.4, -0.2) is 25.2 Å². The van der Waals surface area contributed by atoms with Crippen LogP contribution in [0.3, 0.4) is 0 Å². The van der Waals surface area contributed by atoms with Gasteiger partial charge in [-0.25, -0.2) is 8.99 Å². The number of hydrogen-bond donors (Lipinski definition) is 3. The molecule has 2 heterocycles. The van der Waals surface area contributed by atoms with Gasteiger partial charge >= 0.3 is 0 Å². The number of fused-ring (bicyclic) bond motifs is 1. The Balaban J connectivity index is 1.76. The molecule has 0 spiro atoms. The Morgan fingerprint density at radius 1 is 1.21 bits per heavy atom. The summed E-state index contributed by atoms with van der Waals surface area (Å²) in [4.78, 5) is 15.8. The van der Waals surface area contributed by atoms with Gasteiger partial charge in [0.05, 0.1) is 21.3 Å². The quantitative estimate of drug-likeness (QED) is 0.610. The van der Waals surface area contributed by atoms with Crippen LogP contribution in [0.1, 0.15) is 38.6 Å². The van der Waals surface area contributed by atoms with E-state index in [0.717, 1.165) is 17.6 Å². The summed E-state index contributed by atoms with van der Waals surface area (Å²) in [5, 5.41) is 8.56. The lowest BCUT2D eigenvalue weighted by Gasteiger charge is -2.29. The number of H-pyrrole nitrogens is 1. The highest BCUT2D eigenvalue weighted by Gasteiger charge is 2.27. The van der Waals surface area contributed by atoms with Crippen LogP contribution in [-0.2, 0) is 9.73 Å². The topological polar surface area (TPSA) is 104 Å². The van der Waals surface area contributed by atoms with E-state index in [2.05, 4.69) is 17.2 Å². The number of hydrogen-bond acceptors (Lipinski definition) is 5. The molecule has 0 aliphatic heterocycles. The van der Waals surface area contributed by atoms with Crippen molar-refractivity contribution in [1.82, 2.24) is 14.8 Å². The Hall–Kier alpha value is -2.61. The van der Waals surface area contributed by atoms with Crippen molar-refractivity contribution in [3.63, 3.8) is 0 Å². The van der Waals surface area contributed by atoms with Crippen molar-refractivity contribution >= 4 is 32.1 Å². The molecule has 148 valence electrons. The number of pyridine rings is 1. The van der Waals surface area contributed by atoms with E-state index in [1.54, 1.807) is 30.5 Å². The molecule has 0 bridgehead atoms. The van der Waals surface area contributed by atoms with Gasteiger partial charge in [-0.3, -0.25) is 9.48 Å². The van der Waals surface area contributed by atoms with E-state index in [0.29, 0.717) is 22.0 Å². The van der Waals surface area contributed by atoms with E-state index in [9.17, 15) is 9.00 Å². The molecule has 0 radical (unpaired) electrons. The van der Waals surface area contributed by atoms with Crippen molar-refractivity contribution in [3.05, 3.63) is 46.9 Å². The number of aromatic nitrogens is 3. The van der Waals surface area contributed by atoms with Crippen molar-refractivity contribution in [1.29, 1.82) is 4.78 Å². The lowest BCUT2D eigenvalue weighted by Crippen LogP contribution is -2.22. The molecule has 3 aromatic rings. The van der Waals surface area contributed by atoms with Crippen LogP contribution in [0.5, 0.6) is 0 Å². The summed E-state index contributed by atoms with van der Waals surface area (Å²) in [6.45, 7) is 2.25. The first-order valence-corrected chi connectivity index (χ1v) is 11.5. The molecule has 8 heteroatoms. The van der Waals surface area contributed by atoms with Gasteiger partial charge in [0.25, 0.3) is 5.56 Å². The number of nitrogens with zero attached hydrogens (tertiary/aromatic N) is 2. The maximum absolute atomic E-state index is 12.5. The second-order valence-electron chi connectivity index (χ2n) is 7.68. The molecular weight excluding hydrogens is 374 g/mol. The zero-order valence-corrected chi connectivity index (χ0v) is 16.9. The second kappa shape index (κ2) is 7.09. The number of aromatic amines is 1. The highest BCUT2D eigenvalue weighted by atomic mass is 32.2. The zero-order valence-electron chi connectivity index (χ0n) is 16.1. The highest BCUT2D eigenvalue weighted by molar-refractivity contribution is 7.91. The fourth-order valence-electron chi connectivity index (χ4n) is 4.03. The van der Waals surface area contributed by atoms with Crippen LogP contribution in [0.4, 0.5) is 11.5 Å². The van der Waals surface area contributed by atoms with Gasteiger partial charge in [0, 0.05) is 23.0 Å². The predicted molar refractivity (Wildman–Crippen MR) is 112 cm³/mol. The molecule has 0 amide bonds. The van der Waals surface area contributed by atoms with E-state index in [1.807, 2.05) is 10.7 Å². The highest BCUT2D eigenvalue weighted by Crippen LogP contribution is 2.36. The summed E-state index contributed by atoms with van der Waals surface area (Å²) in [7, 11) is -2.75. The monoisotopic (exact) mass is 399 g/mol. The van der Waals surface area contributed by atoms with Crippen molar-refractivity contribution in [2.24, 2.45) is 5.92 Å². The summed E-state index contributed by atoms with van der Waals surface area (Å²) >= 11 is 0. The molecule has 3 unspecified atom stereocenters. The Kier molecular flexibility index (Phi) is 4.74.